The van der Waals surface area contributed by atoms with E-state index in [1.165, 1.54) is 0 Å². The predicted molar refractivity (Wildman–Crippen MR) is 68.2 cm³/mol. The molecule has 0 saturated carbocycles. The molecule has 4 heteroatoms. The standard InChI is InChI=1S/C12H27N3O/c1-12(2,3)10(13)11(16)14-8-6-7-9-15(4)5/h10H,6-9,13H2,1-5H3,(H,14,16)/t10-/m0/s1. The second kappa shape index (κ2) is 6.86. The van der Waals surface area contributed by atoms with Crippen LogP contribution in [0.1, 0.15) is 33.6 Å². The van der Waals surface area contributed by atoms with Gasteiger partial charge in [0.25, 0.3) is 0 Å². The Morgan fingerprint density at radius 1 is 1.31 bits per heavy atom. The summed E-state index contributed by atoms with van der Waals surface area (Å²) in [5.74, 6) is -0.0441. The molecule has 96 valence electrons. The van der Waals surface area contributed by atoms with E-state index in [4.69, 9.17) is 5.73 Å². The highest BCUT2D eigenvalue weighted by molar-refractivity contribution is 5.82. The molecule has 0 aromatic rings. The molecule has 0 aliphatic rings. The summed E-state index contributed by atoms with van der Waals surface area (Å²) in [5, 5.41) is 2.88. The van der Waals surface area contributed by atoms with Crippen molar-refractivity contribution in [3.63, 3.8) is 0 Å². The molecule has 1 amide bonds. The Morgan fingerprint density at radius 3 is 2.31 bits per heavy atom. The molecule has 0 unspecified atom stereocenters. The first-order valence-corrected chi connectivity index (χ1v) is 5.93. The minimum absolute atomic E-state index is 0.0441. The minimum Gasteiger partial charge on any atom is -0.355 e. The zero-order valence-electron chi connectivity index (χ0n) is 11.3. The molecule has 4 nitrogen and oxygen atoms in total. The van der Waals surface area contributed by atoms with E-state index < -0.39 is 6.04 Å². The highest BCUT2D eigenvalue weighted by atomic mass is 16.2. The zero-order chi connectivity index (χ0) is 12.8. The number of nitrogens with one attached hydrogen (secondary N) is 1. The summed E-state index contributed by atoms with van der Waals surface area (Å²) >= 11 is 0. The van der Waals surface area contributed by atoms with Gasteiger partial charge in [0.05, 0.1) is 6.04 Å². The van der Waals surface area contributed by atoms with Gasteiger partial charge in [-0.05, 0) is 38.9 Å². The van der Waals surface area contributed by atoms with E-state index in [2.05, 4.69) is 10.2 Å². The molecule has 0 radical (unpaired) electrons. The second-order valence-corrected chi connectivity index (χ2v) is 5.65. The Bertz CT molecular complexity index is 209. The molecular formula is C12H27N3O. The first kappa shape index (κ1) is 15.4. The normalized spacial score (nSPS) is 13.9. The van der Waals surface area contributed by atoms with Crippen LogP contribution in [0.3, 0.4) is 0 Å². The van der Waals surface area contributed by atoms with E-state index in [-0.39, 0.29) is 11.3 Å². The summed E-state index contributed by atoms with van der Waals surface area (Å²) in [6.45, 7) is 7.70. The van der Waals surface area contributed by atoms with E-state index in [1.54, 1.807) is 0 Å². The Labute approximate surface area is 99.6 Å². The SMILES string of the molecule is CN(C)CCCCNC(=O)[C@H](N)C(C)(C)C. The summed E-state index contributed by atoms with van der Waals surface area (Å²) in [5.41, 5.74) is 5.66. The summed E-state index contributed by atoms with van der Waals surface area (Å²) in [4.78, 5) is 13.8. The highest BCUT2D eigenvalue weighted by Gasteiger charge is 2.26. The van der Waals surface area contributed by atoms with Crippen molar-refractivity contribution in [1.82, 2.24) is 10.2 Å². The zero-order valence-corrected chi connectivity index (χ0v) is 11.3. The Morgan fingerprint density at radius 2 is 1.88 bits per heavy atom. The molecule has 0 aliphatic heterocycles. The molecule has 0 bridgehead atoms. The van der Waals surface area contributed by atoms with Crippen molar-refractivity contribution in [1.29, 1.82) is 0 Å². The van der Waals surface area contributed by atoms with Crippen LogP contribution >= 0.6 is 0 Å². The van der Waals surface area contributed by atoms with Crippen molar-refractivity contribution in [2.75, 3.05) is 27.2 Å². The molecule has 0 spiro atoms. The Hall–Kier alpha value is -0.610. The average Bonchev–Trinajstić information content (AvgIpc) is 2.13. The Kier molecular flexibility index (Phi) is 6.60. The van der Waals surface area contributed by atoms with Crippen molar-refractivity contribution in [2.45, 2.75) is 39.7 Å². The third kappa shape index (κ3) is 6.80. The molecule has 0 saturated heterocycles. The van der Waals surface area contributed by atoms with E-state index in [1.807, 2.05) is 34.9 Å². The number of amides is 1. The molecule has 0 aliphatic carbocycles. The first-order valence-electron chi connectivity index (χ1n) is 5.93. The summed E-state index contributed by atoms with van der Waals surface area (Å²) in [7, 11) is 4.10. The van der Waals surface area contributed by atoms with Gasteiger partial charge < -0.3 is 16.0 Å². The summed E-state index contributed by atoms with van der Waals surface area (Å²) in [6, 6.07) is -0.429. The van der Waals surface area contributed by atoms with Crippen LogP contribution in [0.25, 0.3) is 0 Å². The van der Waals surface area contributed by atoms with Gasteiger partial charge in [-0.25, -0.2) is 0 Å². The quantitative estimate of drug-likeness (QED) is 0.663. The lowest BCUT2D eigenvalue weighted by atomic mass is 9.87. The van der Waals surface area contributed by atoms with E-state index in [0.717, 1.165) is 25.9 Å². The molecule has 0 heterocycles. The topological polar surface area (TPSA) is 58.4 Å². The monoisotopic (exact) mass is 229 g/mol. The first-order chi connectivity index (χ1) is 7.25. The molecule has 16 heavy (non-hydrogen) atoms. The van der Waals surface area contributed by atoms with Gasteiger partial charge in [0.15, 0.2) is 0 Å². The number of hydrogen-bond donors (Lipinski definition) is 2. The van der Waals surface area contributed by atoms with Crippen molar-refractivity contribution < 1.29 is 4.79 Å². The van der Waals surface area contributed by atoms with Gasteiger partial charge in [-0.15, -0.1) is 0 Å². The Balaban J connectivity index is 3.66. The molecule has 0 fully saturated rings. The van der Waals surface area contributed by atoms with Crippen LogP contribution in [0.2, 0.25) is 0 Å². The van der Waals surface area contributed by atoms with Crippen LogP contribution in [0, 0.1) is 5.41 Å². The van der Waals surface area contributed by atoms with Crippen LogP contribution in [0.5, 0.6) is 0 Å². The molecule has 1 atom stereocenters. The van der Waals surface area contributed by atoms with Gasteiger partial charge in [0, 0.05) is 6.54 Å². The second-order valence-electron chi connectivity index (χ2n) is 5.65. The van der Waals surface area contributed by atoms with Crippen molar-refractivity contribution in [3.8, 4) is 0 Å². The number of rotatable bonds is 6. The summed E-state index contributed by atoms with van der Waals surface area (Å²) < 4.78 is 0. The van der Waals surface area contributed by atoms with Crippen molar-refractivity contribution in [2.24, 2.45) is 11.1 Å². The van der Waals surface area contributed by atoms with Crippen LogP contribution in [0.4, 0.5) is 0 Å². The predicted octanol–water partition coefficient (Wildman–Crippen LogP) is 0.818. The van der Waals surface area contributed by atoms with Crippen molar-refractivity contribution in [3.05, 3.63) is 0 Å². The smallest absolute Gasteiger partial charge is 0.237 e. The van der Waals surface area contributed by atoms with E-state index >= 15 is 0 Å². The number of hydrogen-bond acceptors (Lipinski definition) is 3. The summed E-state index contributed by atoms with van der Waals surface area (Å²) in [6.07, 6.45) is 2.10. The molecule has 3 N–H and O–H groups in total. The lowest BCUT2D eigenvalue weighted by Gasteiger charge is -2.25. The lowest BCUT2D eigenvalue weighted by Crippen LogP contribution is -2.48. The number of carbonyl (C=O) groups excluding carboxylic acids is 1. The number of carbonyl (C=O) groups is 1. The largest absolute Gasteiger partial charge is 0.355 e. The fourth-order valence-corrected chi connectivity index (χ4v) is 1.27. The van der Waals surface area contributed by atoms with Crippen LogP contribution in [-0.2, 0) is 4.79 Å². The molecule has 0 aromatic heterocycles. The van der Waals surface area contributed by atoms with Crippen LogP contribution in [0.15, 0.2) is 0 Å². The fourth-order valence-electron chi connectivity index (χ4n) is 1.27. The third-order valence-electron chi connectivity index (χ3n) is 2.55. The van der Waals surface area contributed by atoms with Crippen LogP contribution < -0.4 is 11.1 Å². The molecule has 0 rings (SSSR count). The van der Waals surface area contributed by atoms with E-state index in [0.29, 0.717) is 0 Å². The van der Waals surface area contributed by atoms with Gasteiger partial charge in [-0.2, -0.15) is 0 Å². The van der Waals surface area contributed by atoms with Crippen molar-refractivity contribution >= 4 is 5.91 Å². The number of nitrogens with zero attached hydrogens (tertiary/aromatic N) is 1. The maximum Gasteiger partial charge on any atom is 0.237 e. The van der Waals surface area contributed by atoms with Gasteiger partial charge in [0.1, 0.15) is 0 Å². The van der Waals surface area contributed by atoms with Gasteiger partial charge in [-0.3, -0.25) is 4.79 Å². The number of nitrogens with two attached hydrogens (primary N) is 1. The average molecular weight is 229 g/mol. The van der Waals surface area contributed by atoms with Gasteiger partial charge in [-0.1, -0.05) is 20.8 Å². The highest BCUT2D eigenvalue weighted by Crippen LogP contribution is 2.16. The maximum absolute atomic E-state index is 11.6. The minimum atomic E-state index is -0.429. The molecular weight excluding hydrogens is 202 g/mol. The van der Waals surface area contributed by atoms with Crippen LogP contribution in [-0.4, -0.2) is 44.0 Å². The van der Waals surface area contributed by atoms with Gasteiger partial charge >= 0.3 is 0 Å². The van der Waals surface area contributed by atoms with Gasteiger partial charge in [0.2, 0.25) is 5.91 Å². The molecule has 0 aromatic carbocycles. The third-order valence-corrected chi connectivity index (χ3v) is 2.55. The van der Waals surface area contributed by atoms with E-state index in [9.17, 15) is 4.79 Å². The maximum atomic E-state index is 11.6. The number of unbranched alkanes of at least 4 members (excludes halogenated alkanes) is 1. The lowest BCUT2D eigenvalue weighted by molar-refractivity contribution is -0.124. The fraction of sp³-hybridized carbons (Fsp3) is 0.917.